The van der Waals surface area contributed by atoms with Crippen LogP contribution >= 0.6 is 15.9 Å². The Bertz CT molecular complexity index is 723. The fourth-order valence-electron chi connectivity index (χ4n) is 2.44. The molecule has 0 saturated carbocycles. The first kappa shape index (κ1) is 13.3. The second-order valence-electron chi connectivity index (χ2n) is 4.74. The number of para-hydroxylation sites is 1. The molecule has 0 aliphatic rings. The van der Waals surface area contributed by atoms with Gasteiger partial charge in [0, 0.05) is 33.9 Å². The lowest BCUT2D eigenvalue weighted by molar-refractivity contribution is 0.563. The molecule has 0 aliphatic carbocycles. The van der Waals surface area contributed by atoms with Gasteiger partial charge < -0.3 is 9.73 Å². The van der Waals surface area contributed by atoms with Crippen molar-refractivity contribution in [3.63, 3.8) is 0 Å². The third kappa shape index (κ3) is 2.62. The van der Waals surface area contributed by atoms with Gasteiger partial charge in [-0.15, -0.1) is 0 Å². The number of benzene rings is 1. The molecule has 102 valence electrons. The predicted octanol–water partition coefficient (Wildman–Crippen LogP) is 4.09. The van der Waals surface area contributed by atoms with Gasteiger partial charge in [0.1, 0.15) is 5.58 Å². The van der Waals surface area contributed by atoms with Gasteiger partial charge in [-0.1, -0.05) is 18.2 Å². The van der Waals surface area contributed by atoms with E-state index in [1.807, 2.05) is 37.7 Å². The van der Waals surface area contributed by atoms with Crippen LogP contribution in [0.25, 0.3) is 11.0 Å². The van der Waals surface area contributed by atoms with Crippen LogP contribution in [-0.2, 0) is 6.42 Å². The number of fused-ring (bicyclic) bond motifs is 1. The molecule has 0 aliphatic heterocycles. The second kappa shape index (κ2) is 5.77. The van der Waals surface area contributed by atoms with Crippen LogP contribution in [0.3, 0.4) is 0 Å². The van der Waals surface area contributed by atoms with E-state index in [2.05, 4.69) is 38.4 Å². The minimum atomic E-state index is 0.203. The Kier molecular flexibility index (Phi) is 3.85. The summed E-state index contributed by atoms with van der Waals surface area (Å²) in [4.78, 5) is 4.22. The maximum Gasteiger partial charge on any atom is 0.134 e. The highest BCUT2D eigenvalue weighted by molar-refractivity contribution is 9.10. The van der Waals surface area contributed by atoms with E-state index in [0.717, 1.165) is 21.9 Å². The molecule has 0 spiro atoms. The molecule has 1 unspecified atom stereocenters. The molecule has 2 heterocycles. The third-order valence-corrected chi connectivity index (χ3v) is 3.87. The Morgan fingerprint density at radius 1 is 1.30 bits per heavy atom. The van der Waals surface area contributed by atoms with Crippen molar-refractivity contribution in [1.82, 2.24) is 10.3 Å². The van der Waals surface area contributed by atoms with Crippen LogP contribution in [0.4, 0.5) is 0 Å². The number of rotatable bonds is 4. The largest absolute Gasteiger partial charge is 0.464 e. The SMILES string of the molecule is CNC(Cc1cncc(Br)c1)c1coc2ccccc12. The number of furan rings is 1. The predicted molar refractivity (Wildman–Crippen MR) is 83.7 cm³/mol. The quantitative estimate of drug-likeness (QED) is 0.782. The van der Waals surface area contributed by atoms with Crippen LogP contribution < -0.4 is 5.32 Å². The molecule has 0 amide bonds. The maximum absolute atomic E-state index is 5.63. The normalized spacial score (nSPS) is 12.7. The van der Waals surface area contributed by atoms with E-state index < -0.39 is 0 Å². The number of likely N-dealkylation sites (N-methyl/N-ethyl adjacent to an activating group) is 1. The molecule has 20 heavy (non-hydrogen) atoms. The Morgan fingerprint density at radius 2 is 2.15 bits per heavy atom. The summed E-state index contributed by atoms with van der Waals surface area (Å²) < 4.78 is 6.63. The van der Waals surface area contributed by atoms with E-state index in [0.29, 0.717) is 0 Å². The van der Waals surface area contributed by atoms with E-state index in [4.69, 9.17) is 4.42 Å². The lowest BCUT2D eigenvalue weighted by Gasteiger charge is -2.15. The standard InChI is InChI=1S/C16H15BrN2O/c1-18-15(7-11-6-12(17)9-19-8-11)14-10-20-16-5-3-2-4-13(14)16/h2-6,8-10,15,18H,7H2,1H3. The lowest BCUT2D eigenvalue weighted by Crippen LogP contribution is -2.18. The van der Waals surface area contributed by atoms with Gasteiger partial charge in [0.25, 0.3) is 0 Å². The molecule has 3 aromatic rings. The van der Waals surface area contributed by atoms with Crippen molar-refractivity contribution >= 4 is 26.9 Å². The van der Waals surface area contributed by atoms with Gasteiger partial charge in [-0.2, -0.15) is 0 Å². The number of halogens is 1. The van der Waals surface area contributed by atoms with Gasteiger partial charge in [-0.3, -0.25) is 4.98 Å². The van der Waals surface area contributed by atoms with Crippen LogP contribution in [0.5, 0.6) is 0 Å². The van der Waals surface area contributed by atoms with E-state index in [-0.39, 0.29) is 6.04 Å². The summed E-state index contributed by atoms with van der Waals surface area (Å²) in [6.45, 7) is 0. The zero-order valence-electron chi connectivity index (χ0n) is 11.1. The van der Waals surface area contributed by atoms with E-state index >= 15 is 0 Å². The molecule has 1 aromatic carbocycles. The number of hydrogen-bond acceptors (Lipinski definition) is 3. The molecule has 4 heteroatoms. The summed E-state index contributed by atoms with van der Waals surface area (Å²) >= 11 is 3.46. The fraction of sp³-hybridized carbons (Fsp3) is 0.188. The molecule has 2 aromatic heterocycles. The van der Waals surface area contributed by atoms with Gasteiger partial charge in [-0.05, 0) is 47.1 Å². The maximum atomic E-state index is 5.63. The number of pyridine rings is 1. The van der Waals surface area contributed by atoms with Crippen molar-refractivity contribution in [3.8, 4) is 0 Å². The third-order valence-electron chi connectivity index (χ3n) is 3.44. The highest BCUT2D eigenvalue weighted by atomic mass is 79.9. The highest BCUT2D eigenvalue weighted by Gasteiger charge is 2.16. The average molecular weight is 331 g/mol. The van der Waals surface area contributed by atoms with E-state index in [1.54, 1.807) is 6.20 Å². The topological polar surface area (TPSA) is 38.1 Å². The highest BCUT2D eigenvalue weighted by Crippen LogP contribution is 2.28. The number of hydrogen-bond donors (Lipinski definition) is 1. The Balaban J connectivity index is 1.93. The summed E-state index contributed by atoms with van der Waals surface area (Å²) in [5.41, 5.74) is 3.29. The monoisotopic (exact) mass is 330 g/mol. The minimum absolute atomic E-state index is 0.203. The van der Waals surface area contributed by atoms with Crippen LogP contribution in [0.1, 0.15) is 17.2 Å². The minimum Gasteiger partial charge on any atom is -0.464 e. The van der Waals surface area contributed by atoms with Gasteiger partial charge in [0.2, 0.25) is 0 Å². The number of nitrogens with zero attached hydrogens (tertiary/aromatic N) is 1. The molecule has 0 saturated heterocycles. The first-order valence-electron chi connectivity index (χ1n) is 6.51. The van der Waals surface area contributed by atoms with Crippen molar-refractivity contribution in [2.45, 2.75) is 12.5 Å². The first-order valence-corrected chi connectivity index (χ1v) is 7.30. The van der Waals surface area contributed by atoms with E-state index in [1.165, 1.54) is 11.1 Å². The summed E-state index contributed by atoms with van der Waals surface area (Å²) in [7, 11) is 1.97. The zero-order chi connectivity index (χ0) is 13.9. The van der Waals surface area contributed by atoms with Crippen LogP contribution in [0, 0.1) is 0 Å². The van der Waals surface area contributed by atoms with Gasteiger partial charge in [-0.25, -0.2) is 0 Å². The van der Waals surface area contributed by atoms with Crippen molar-refractivity contribution in [2.75, 3.05) is 7.05 Å². The molecular weight excluding hydrogens is 316 g/mol. The van der Waals surface area contributed by atoms with Gasteiger partial charge in [0.15, 0.2) is 0 Å². The van der Waals surface area contributed by atoms with Gasteiger partial charge >= 0.3 is 0 Å². The van der Waals surface area contributed by atoms with Crippen LogP contribution in [0.2, 0.25) is 0 Å². The van der Waals surface area contributed by atoms with E-state index in [9.17, 15) is 0 Å². The fourth-order valence-corrected chi connectivity index (χ4v) is 2.85. The van der Waals surface area contributed by atoms with Gasteiger partial charge in [0.05, 0.1) is 6.26 Å². The average Bonchev–Trinajstić information content (AvgIpc) is 2.89. The molecule has 1 atom stereocenters. The van der Waals surface area contributed by atoms with Crippen molar-refractivity contribution in [2.24, 2.45) is 0 Å². The number of aromatic nitrogens is 1. The van der Waals surface area contributed by atoms with Crippen LogP contribution in [-0.4, -0.2) is 12.0 Å². The summed E-state index contributed by atoms with van der Waals surface area (Å²) in [6.07, 6.45) is 6.41. The molecule has 3 rings (SSSR count). The van der Waals surface area contributed by atoms with Crippen LogP contribution in [0.15, 0.2) is 57.9 Å². The smallest absolute Gasteiger partial charge is 0.134 e. The first-order chi connectivity index (χ1) is 9.78. The van der Waals surface area contributed by atoms with Crippen molar-refractivity contribution < 1.29 is 4.42 Å². The summed E-state index contributed by atoms with van der Waals surface area (Å²) in [5.74, 6) is 0. The molecule has 0 fully saturated rings. The summed E-state index contributed by atoms with van der Waals surface area (Å²) in [6, 6.07) is 10.4. The Hall–Kier alpha value is -1.65. The zero-order valence-corrected chi connectivity index (χ0v) is 12.7. The molecule has 1 N–H and O–H groups in total. The molecule has 0 radical (unpaired) electrons. The lowest BCUT2D eigenvalue weighted by atomic mass is 9.99. The second-order valence-corrected chi connectivity index (χ2v) is 5.66. The van der Waals surface area contributed by atoms with Crippen molar-refractivity contribution in [3.05, 3.63) is 64.6 Å². The molecular formula is C16H15BrN2O. The Morgan fingerprint density at radius 3 is 2.95 bits per heavy atom. The molecule has 3 nitrogen and oxygen atoms in total. The summed E-state index contributed by atoms with van der Waals surface area (Å²) in [5, 5.41) is 4.52. The molecule has 0 bridgehead atoms. The Labute approximate surface area is 126 Å². The number of nitrogens with one attached hydrogen (secondary N) is 1. The van der Waals surface area contributed by atoms with Crippen molar-refractivity contribution in [1.29, 1.82) is 0 Å².